The smallest absolute Gasteiger partial charge is 0.263 e. The van der Waals surface area contributed by atoms with Crippen molar-refractivity contribution in [3.63, 3.8) is 0 Å². The molecule has 2 aromatic rings. The average molecular weight is 304 g/mol. The zero-order chi connectivity index (χ0) is 13.2. The van der Waals surface area contributed by atoms with Crippen LogP contribution < -0.4 is 4.72 Å². The SMILES string of the molecule is O=S(=O)(Nc1ccc(Cl)nc1)c1ccc(Cl)nc1. The van der Waals surface area contributed by atoms with Crippen LogP contribution in [0.2, 0.25) is 10.3 Å². The van der Waals surface area contributed by atoms with E-state index in [0.29, 0.717) is 5.69 Å². The lowest BCUT2D eigenvalue weighted by Crippen LogP contribution is -2.13. The molecule has 0 spiro atoms. The Morgan fingerprint density at radius 2 is 1.56 bits per heavy atom. The fraction of sp³-hybridized carbons (Fsp3) is 0. The van der Waals surface area contributed by atoms with Gasteiger partial charge in [-0.1, -0.05) is 23.2 Å². The molecule has 0 atom stereocenters. The second-order valence-electron chi connectivity index (χ2n) is 3.29. The highest BCUT2D eigenvalue weighted by atomic mass is 35.5. The van der Waals surface area contributed by atoms with Crippen molar-refractivity contribution in [2.75, 3.05) is 4.72 Å². The Hall–Kier alpha value is -1.37. The summed E-state index contributed by atoms with van der Waals surface area (Å²) in [4.78, 5) is 7.50. The molecule has 2 heterocycles. The zero-order valence-corrected chi connectivity index (χ0v) is 11.2. The number of hydrogen-bond donors (Lipinski definition) is 1. The molecule has 5 nitrogen and oxygen atoms in total. The van der Waals surface area contributed by atoms with Gasteiger partial charge in [0.15, 0.2) is 0 Å². The molecule has 94 valence electrons. The van der Waals surface area contributed by atoms with Gasteiger partial charge in [0.2, 0.25) is 0 Å². The molecule has 0 bridgehead atoms. The highest BCUT2D eigenvalue weighted by molar-refractivity contribution is 7.92. The molecule has 0 fully saturated rings. The van der Waals surface area contributed by atoms with E-state index in [0.717, 1.165) is 0 Å². The van der Waals surface area contributed by atoms with Crippen molar-refractivity contribution in [3.8, 4) is 0 Å². The van der Waals surface area contributed by atoms with Crippen molar-refractivity contribution >= 4 is 38.9 Å². The number of nitrogens with one attached hydrogen (secondary N) is 1. The van der Waals surface area contributed by atoms with Gasteiger partial charge in [0.25, 0.3) is 10.0 Å². The first-order valence-electron chi connectivity index (χ1n) is 4.73. The van der Waals surface area contributed by atoms with Crippen molar-refractivity contribution in [2.24, 2.45) is 0 Å². The summed E-state index contributed by atoms with van der Waals surface area (Å²) in [6.07, 6.45) is 2.50. The van der Waals surface area contributed by atoms with Gasteiger partial charge in [-0.25, -0.2) is 18.4 Å². The molecule has 0 saturated carbocycles. The number of hydrogen-bond acceptors (Lipinski definition) is 4. The van der Waals surface area contributed by atoms with E-state index in [9.17, 15) is 8.42 Å². The summed E-state index contributed by atoms with van der Waals surface area (Å²) in [5.74, 6) is 0. The molecular formula is C10H7Cl2N3O2S. The first-order valence-corrected chi connectivity index (χ1v) is 6.97. The molecular weight excluding hydrogens is 297 g/mol. The van der Waals surface area contributed by atoms with Crippen LogP contribution in [-0.4, -0.2) is 18.4 Å². The van der Waals surface area contributed by atoms with Crippen LogP contribution in [0.5, 0.6) is 0 Å². The van der Waals surface area contributed by atoms with Gasteiger partial charge in [-0.15, -0.1) is 0 Å². The summed E-state index contributed by atoms with van der Waals surface area (Å²) in [5.41, 5.74) is 0.314. The summed E-state index contributed by atoms with van der Waals surface area (Å²) in [6.45, 7) is 0. The molecule has 18 heavy (non-hydrogen) atoms. The Balaban J connectivity index is 2.27. The van der Waals surface area contributed by atoms with E-state index < -0.39 is 10.0 Å². The largest absolute Gasteiger partial charge is 0.278 e. The third-order valence-electron chi connectivity index (χ3n) is 1.99. The quantitative estimate of drug-likeness (QED) is 0.885. The molecule has 0 aromatic carbocycles. The molecule has 2 aromatic heterocycles. The van der Waals surface area contributed by atoms with E-state index in [-0.39, 0.29) is 15.2 Å². The lowest BCUT2D eigenvalue weighted by molar-refractivity contribution is 0.601. The van der Waals surface area contributed by atoms with E-state index >= 15 is 0 Å². The lowest BCUT2D eigenvalue weighted by atomic mass is 10.4. The predicted octanol–water partition coefficient (Wildman–Crippen LogP) is 2.58. The maximum absolute atomic E-state index is 11.9. The van der Waals surface area contributed by atoms with Gasteiger partial charge in [0.05, 0.1) is 11.9 Å². The number of anilines is 1. The van der Waals surface area contributed by atoms with Crippen LogP contribution in [-0.2, 0) is 10.0 Å². The fourth-order valence-corrected chi connectivity index (χ4v) is 2.38. The number of pyridine rings is 2. The average Bonchev–Trinajstić information content (AvgIpc) is 2.32. The van der Waals surface area contributed by atoms with Gasteiger partial charge >= 0.3 is 0 Å². The molecule has 0 unspecified atom stereocenters. The normalized spacial score (nSPS) is 11.2. The van der Waals surface area contributed by atoms with Gasteiger partial charge in [-0.05, 0) is 24.3 Å². The second-order valence-corrected chi connectivity index (χ2v) is 5.75. The number of aromatic nitrogens is 2. The number of rotatable bonds is 3. The minimum absolute atomic E-state index is 0.0156. The van der Waals surface area contributed by atoms with Gasteiger partial charge in [0.1, 0.15) is 15.2 Å². The number of halogens is 2. The molecule has 8 heteroatoms. The number of nitrogens with zero attached hydrogens (tertiary/aromatic N) is 2. The summed E-state index contributed by atoms with van der Waals surface area (Å²) < 4.78 is 26.2. The van der Waals surface area contributed by atoms with Crippen LogP contribution in [0.15, 0.2) is 41.6 Å². The fourth-order valence-electron chi connectivity index (χ4n) is 1.17. The molecule has 0 saturated heterocycles. The minimum Gasteiger partial charge on any atom is -0.278 e. The zero-order valence-electron chi connectivity index (χ0n) is 8.84. The van der Waals surface area contributed by atoms with Gasteiger partial charge < -0.3 is 0 Å². The lowest BCUT2D eigenvalue weighted by Gasteiger charge is -2.07. The van der Waals surface area contributed by atoms with Crippen LogP contribution in [0.4, 0.5) is 5.69 Å². The Morgan fingerprint density at radius 3 is 2.06 bits per heavy atom. The van der Waals surface area contributed by atoms with Crippen molar-refractivity contribution in [3.05, 3.63) is 47.0 Å². The van der Waals surface area contributed by atoms with Crippen LogP contribution in [0.1, 0.15) is 0 Å². The summed E-state index contributed by atoms with van der Waals surface area (Å²) in [7, 11) is -3.70. The highest BCUT2D eigenvalue weighted by Gasteiger charge is 2.14. The van der Waals surface area contributed by atoms with E-state index in [2.05, 4.69) is 14.7 Å². The second kappa shape index (κ2) is 5.09. The van der Waals surface area contributed by atoms with Crippen LogP contribution >= 0.6 is 23.2 Å². The Morgan fingerprint density at radius 1 is 0.944 bits per heavy atom. The van der Waals surface area contributed by atoms with Crippen LogP contribution in [0, 0.1) is 0 Å². The van der Waals surface area contributed by atoms with Crippen LogP contribution in [0.25, 0.3) is 0 Å². The highest BCUT2D eigenvalue weighted by Crippen LogP contribution is 2.16. The minimum atomic E-state index is -3.70. The maximum atomic E-state index is 11.9. The van der Waals surface area contributed by atoms with Crippen molar-refractivity contribution in [1.82, 2.24) is 9.97 Å². The predicted molar refractivity (Wildman–Crippen MR) is 69.3 cm³/mol. The third-order valence-corrected chi connectivity index (χ3v) is 3.80. The molecule has 0 amide bonds. The molecule has 2 rings (SSSR count). The summed E-state index contributed by atoms with van der Waals surface area (Å²) >= 11 is 11.2. The Bertz CT molecular complexity index is 642. The van der Waals surface area contributed by atoms with E-state index in [1.54, 1.807) is 0 Å². The van der Waals surface area contributed by atoms with Gasteiger partial charge in [-0.2, -0.15) is 0 Å². The maximum Gasteiger partial charge on any atom is 0.263 e. The molecule has 1 N–H and O–H groups in total. The monoisotopic (exact) mass is 303 g/mol. The first kappa shape index (κ1) is 13.1. The topological polar surface area (TPSA) is 72.0 Å². The van der Waals surface area contributed by atoms with Gasteiger partial charge in [-0.3, -0.25) is 4.72 Å². The van der Waals surface area contributed by atoms with Crippen LogP contribution in [0.3, 0.4) is 0 Å². The van der Waals surface area contributed by atoms with Gasteiger partial charge in [0, 0.05) is 6.20 Å². The molecule has 0 aliphatic carbocycles. The standard InChI is InChI=1S/C10H7Cl2N3O2S/c11-9-3-1-7(5-13-9)15-18(16,17)8-2-4-10(12)14-6-8/h1-6,15H. The third kappa shape index (κ3) is 3.10. The summed E-state index contributed by atoms with van der Waals surface area (Å²) in [6, 6.07) is 5.76. The van der Waals surface area contributed by atoms with Crippen molar-refractivity contribution in [2.45, 2.75) is 4.90 Å². The van der Waals surface area contributed by atoms with Crippen molar-refractivity contribution in [1.29, 1.82) is 0 Å². The molecule has 0 aliphatic rings. The van der Waals surface area contributed by atoms with E-state index in [4.69, 9.17) is 23.2 Å². The Kier molecular flexibility index (Phi) is 3.70. The number of sulfonamides is 1. The Labute approximate surface area is 114 Å². The van der Waals surface area contributed by atoms with E-state index in [1.807, 2.05) is 0 Å². The van der Waals surface area contributed by atoms with E-state index in [1.165, 1.54) is 36.7 Å². The van der Waals surface area contributed by atoms with Crippen molar-refractivity contribution < 1.29 is 8.42 Å². The molecule has 0 aliphatic heterocycles. The first-order chi connectivity index (χ1) is 8.47. The summed E-state index contributed by atoms with van der Waals surface area (Å²) in [5, 5.41) is 0.508. The molecule has 0 radical (unpaired) electrons.